The lowest BCUT2D eigenvalue weighted by molar-refractivity contribution is 0.110. The monoisotopic (exact) mass is 486 g/mol. The standard InChI is InChI=1S/C25H31ClN4O2S/c26-19-7-5-16(6-8-19)21-17-12-18(21)14-30(13-17)24-27-20-4-1-2-11-33(32)22(20)23(28-24)29-25(15-31)9-3-10-25/h5-8,17-18,21,31H,1-4,9-15H2,(H,27,28,29). The van der Waals surface area contributed by atoms with Crippen molar-refractivity contribution in [2.45, 2.75) is 61.3 Å². The molecule has 1 aromatic carbocycles. The maximum absolute atomic E-state index is 13.1. The Bertz CT molecular complexity index is 1060. The minimum Gasteiger partial charge on any atom is -0.394 e. The first-order valence-electron chi connectivity index (χ1n) is 12.2. The number of benzene rings is 1. The second-order valence-corrected chi connectivity index (χ2v) is 12.3. The molecule has 3 unspecified atom stereocenters. The summed E-state index contributed by atoms with van der Waals surface area (Å²) in [6.45, 7) is 1.96. The fourth-order valence-corrected chi connectivity index (χ4v) is 7.72. The van der Waals surface area contributed by atoms with Crippen LogP contribution in [0.2, 0.25) is 5.02 Å². The van der Waals surface area contributed by atoms with Gasteiger partial charge in [-0.3, -0.25) is 4.21 Å². The van der Waals surface area contributed by atoms with Crippen LogP contribution in [0.1, 0.15) is 55.7 Å². The second-order valence-electron chi connectivity index (χ2n) is 10.3. The fraction of sp³-hybridized carbons (Fsp3) is 0.600. The van der Waals surface area contributed by atoms with E-state index >= 15 is 0 Å². The van der Waals surface area contributed by atoms with Gasteiger partial charge in [0.1, 0.15) is 10.7 Å². The number of halogens is 1. The van der Waals surface area contributed by atoms with Gasteiger partial charge in [-0.05, 0) is 80.4 Å². The number of hydrogen-bond acceptors (Lipinski definition) is 6. The van der Waals surface area contributed by atoms with Crippen LogP contribution >= 0.6 is 11.6 Å². The van der Waals surface area contributed by atoms with Gasteiger partial charge in [-0.1, -0.05) is 23.7 Å². The van der Waals surface area contributed by atoms with Gasteiger partial charge in [-0.15, -0.1) is 0 Å². The van der Waals surface area contributed by atoms with Gasteiger partial charge < -0.3 is 15.3 Å². The maximum atomic E-state index is 13.1. The van der Waals surface area contributed by atoms with Gasteiger partial charge in [-0.25, -0.2) is 4.98 Å². The van der Waals surface area contributed by atoms with Gasteiger partial charge in [0.15, 0.2) is 0 Å². The third kappa shape index (κ3) is 3.86. The number of nitrogens with zero attached hydrogens (tertiary/aromatic N) is 3. The number of fused-ring (bicyclic) bond motifs is 3. The highest BCUT2D eigenvalue weighted by molar-refractivity contribution is 7.85. The zero-order valence-corrected chi connectivity index (χ0v) is 20.4. The zero-order chi connectivity index (χ0) is 22.6. The van der Waals surface area contributed by atoms with Gasteiger partial charge in [0.05, 0.1) is 28.6 Å². The number of aliphatic hydroxyl groups excluding tert-OH is 1. The highest BCUT2D eigenvalue weighted by Crippen LogP contribution is 2.52. The fourth-order valence-electron chi connectivity index (χ4n) is 6.20. The van der Waals surface area contributed by atoms with Gasteiger partial charge in [0.2, 0.25) is 5.95 Å². The average Bonchev–Trinajstić information content (AvgIpc) is 2.99. The minimum atomic E-state index is -1.10. The van der Waals surface area contributed by atoms with E-state index in [4.69, 9.17) is 21.6 Å². The topological polar surface area (TPSA) is 78.4 Å². The Morgan fingerprint density at radius 2 is 1.88 bits per heavy atom. The molecule has 8 heteroatoms. The average molecular weight is 487 g/mol. The number of hydrogen-bond donors (Lipinski definition) is 2. The maximum Gasteiger partial charge on any atom is 0.227 e. The molecular formula is C25H31ClN4O2S. The van der Waals surface area contributed by atoms with E-state index in [1.807, 2.05) is 12.1 Å². The number of anilines is 2. The molecule has 1 aromatic heterocycles. The summed E-state index contributed by atoms with van der Waals surface area (Å²) < 4.78 is 13.1. The van der Waals surface area contributed by atoms with E-state index in [2.05, 4.69) is 22.3 Å². The van der Waals surface area contributed by atoms with E-state index in [-0.39, 0.29) is 12.1 Å². The molecule has 2 aromatic rings. The highest BCUT2D eigenvalue weighted by atomic mass is 35.5. The third-order valence-electron chi connectivity index (χ3n) is 8.21. The largest absolute Gasteiger partial charge is 0.394 e. The zero-order valence-electron chi connectivity index (χ0n) is 18.8. The Labute approximate surface area is 202 Å². The van der Waals surface area contributed by atoms with Crippen LogP contribution in [0.5, 0.6) is 0 Å². The van der Waals surface area contributed by atoms with Crippen molar-refractivity contribution in [3.05, 3.63) is 40.5 Å². The molecule has 7 rings (SSSR count). The lowest BCUT2D eigenvalue weighted by Gasteiger charge is -2.54. The predicted molar refractivity (Wildman–Crippen MR) is 132 cm³/mol. The normalized spacial score (nSPS) is 29.9. The predicted octanol–water partition coefficient (Wildman–Crippen LogP) is 4.14. The molecule has 2 bridgehead atoms. The molecule has 33 heavy (non-hydrogen) atoms. The molecule has 5 aliphatic rings. The first-order valence-corrected chi connectivity index (χ1v) is 13.9. The number of aromatic nitrogens is 2. The van der Waals surface area contributed by atoms with Crippen molar-refractivity contribution < 1.29 is 9.32 Å². The summed E-state index contributed by atoms with van der Waals surface area (Å²) in [5.41, 5.74) is 1.98. The van der Waals surface area contributed by atoms with E-state index in [0.29, 0.717) is 29.3 Å². The smallest absolute Gasteiger partial charge is 0.227 e. The van der Waals surface area contributed by atoms with Gasteiger partial charge in [0.25, 0.3) is 0 Å². The molecule has 4 heterocycles. The van der Waals surface area contributed by atoms with Crippen LogP contribution in [-0.4, -0.2) is 50.3 Å². The van der Waals surface area contributed by atoms with Crippen LogP contribution in [-0.2, 0) is 17.2 Å². The van der Waals surface area contributed by atoms with Crippen molar-refractivity contribution in [3.8, 4) is 0 Å². The summed E-state index contributed by atoms with van der Waals surface area (Å²) >= 11 is 6.10. The Morgan fingerprint density at radius 3 is 2.55 bits per heavy atom. The Balaban J connectivity index is 1.30. The molecule has 2 saturated heterocycles. The summed E-state index contributed by atoms with van der Waals surface area (Å²) in [5, 5.41) is 14.4. The van der Waals surface area contributed by atoms with Crippen molar-refractivity contribution in [1.82, 2.24) is 9.97 Å². The van der Waals surface area contributed by atoms with Crippen molar-refractivity contribution in [3.63, 3.8) is 0 Å². The number of aliphatic hydroxyl groups is 1. The summed E-state index contributed by atoms with van der Waals surface area (Å²) in [7, 11) is -1.10. The van der Waals surface area contributed by atoms with E-state index in [1.54, 1.807) is 0 Å². The van der Waals surface area contributed by atoms with Gasteiger partial charge in [0, 0.05) is 23.9 Å². The second kappa shape index (κ2) is 8.51. The Kier molecular flexibility index (Phi) is 5.62. The molecule has 0 spiro atoms. The third-order valence-corrected chi connectivity index (χ3v) is 10.0. The summed E-state index contributed by atoms with van der Waals surface area (Å²) in [6, 6.07) is 8.33. The first kappa shape index (κ1) is 21.8. The summed E-state index contributed by atoms with van der Waals surface area (Å²) in [4.78, 5) is 13.0. The van der Waals surface area contributed by atoms with Crippen molar-refractivity contribution in [1.29, 1.82) is 0 Å². The molecule has 0 radical (unpaired) electrons. The lowest BCUT2D eigenvalue weighted by Crippen LogP contribution is -2.54. The van der Waals surface area contributed by atoms with Gasteiger partial charge >= 0.3 is 0 Å². The van der Waals surface area contributed by atoms with E-state index in [1.165, 1.54) is 12.0 Å². The number of nitrogens with one attached hydrogen (secondary N) is 1. The quantitative estimate of drug-likeness (QED) is 0.661. The first-order chi connectivity index (χ1) is 16.0. The minimum absolute atomic E-state index is 0.0738. The molecule has 0 amide bonds. The van der Waals surface area contributed by atoms with Crippen LogP contribution in [0, 0.1) is 11.8 Å². The lowest BCUT2D eigenvalue weighted by atomic mass is 9.59. The molecule has 2 N–H and O–H groups in total. The summed E-state index contributed by atoms with van der Waals surface area (Å²) in [6.07, 6.45) is 6.96. The van der Waals surface area contributed by atoms with Crippen LogP contribution in [0.15, 0.2) is 29.2 Å². The molecule has 2 aliphatic carbocycles. The molecular weight excluding hydrogens is 456 g/mol. The van der Waals surface area contributed by atoms with Crippen LogP contribution < -0.4 is 10.2 Å². The van der Waals surface area contributed by atoms with Crippen LogP contribution in [0.4, 0.5) is 11.8 Å². The van der Waals surface area contributed by atoms with Gasteiger partial charge in [-0.2, -0.15) is 4.98 Å². The SMILES string of the molecule is O=S1CCCCc2nc(N3CC4CC(C3)C4c3ccc(Cl)cc3)nc(NC3(CO)CCC3)c21. The summed E-state index contributed by atoms with van der Waals surface area (Å²) in [5.74, 6) is 3.87. The molecule has 3 aliphatic heterocycles. The van der Waals surface area contributed by atoms with Crippen molar-refractivity contribution in [2.24, 2.45) is 11.8 Å². The Hall–Kier alpha value is -1.70. The van der Waals surface area contributed by atoms with E-state index in [0.717, 1.165) is 73.2 Å². The number of rotatable bonds is 5. The van der Waals surface area contributed by atoms with Crippen molar-refractivity contribution in [2.75, 3.05) is 35.7 Å². The van der Waals surface area contributed by atoms with E-state index < -0.39 is 10.8 Å². The van der Waals surface area contributed by atoms with Crippen LogP contribution in [0.25, 0.3) is 0 Å². The van der Waals surface area contributed by atoms with Crippen molar-refractivity contribution >= 4 is 34.2 Å². The molecule has 176 valence electrons. The molecule has 3 atom stereocenters. The van der Waals surface area contributed by atoms with E-state index in [9.17, 15) is 9.32 Å². The highest BCUT2D eigenvalue weighted by Gasteiger charge is 2.48. The molecule has 6 nitrogen and oxygen atoms in total. The Morgan fingerprint density at radius 1 is 1.12 bits per heavy atom. The molecule has 2 saturated carbocycles. The molecule has 4 fully saturated rings. The van der Waals surface area contributed by atoms with Crippen LogP contribution in [0.3, 0.4) is 0 Å². The number of piperidine rings is 2. The number of aryl methyl sites for hydroxylation is 1.